The minimum atomic E-state index is -0.430. The predicted molar refractivity (Wildman–Crippen MR) is 176 cm³/mol. The number of nitrogens with one attached hydrogen (secondary N) is 4. The number of fused-ring (bicyclic) bond motifs is 1. The number of aryl methyl sites for hydroxylation is 1. The molecule has 4 amide bonds. The van der Waals surface area contributed by atoms with E-state index in [0.29, 0.717) is 45.3 Å². The third kappa shape index (κ3) is 12.9. The smallest absolute Gasteiger partial charge is 0.246 e. The molecular weight excluding hydrogens is 586 g/mol. The largest absolute Gasteiger partial charge is 0.362 e. The maximum Gasteiger partial charge on any atom is 0.246 e. The number of carbonyl (C=O) groups excluding carboxylic acids is 4. The monoisotopic (exact) mass is 639 g/mol. The van der Waals surface area contributed by atoms with Crippen LogP contribution in [0.25, 0.3) is 0 Å². The molecule has 0 spiro atoms. The van der Waals surface area contributed by atoms with Gasteiger partial charge in [0.1, 0.15) is 18.4 Å². The van der Waals surface area contributed by atoms with Crippen LogP contribution >= 0.6 is 0 Å². The molecule has 1 aliphatic carbocycles. The Morgan fingerprint density at radius 1 is 0.891 bits per heavy atom. The van der Waals surface area contributed by atoms with E-state index in [1.165, 1.54) is 13.8 Å². The van der Waals surface area contributed by atoms with Crippen molar-refractivity contribution in [2.24, 2.45) is 0 Å². The van der Waals surface area contributed by atoms with Gasteiger partial charge in [-0.3, -0.25) is 19.2 Å². The SMILES string of the molecule is CC(=O)NC(C)(C)CCC(=O)NCCCn1nnc2c1CCCCCC2OCC(=O)NCc1ccc(CC(C)(C)NC(C)=O)cc1. The van der Waals surface area contributed by atoms with Crippen molar-refractivity contribution in [3.63, 3.8) is 0 Å². The Bertz CT molecular complexity index is 1320. The van der Waals surface area contributed by atoms with Crippen molar-refractivity contribution in [2.75, 3.05) is 13.2 Å². The van der Waals surface area contributed by atoms with E-state index in [9.17, 15) is 19.2 Å². The second kappa shape index (κ2) is 17.2. The molecule has 1 atom stereocenters. The molecule has 0 radical (unpaired) electrons. The molecule has 4 N–H and O–H groups in total. The van der Waals surface area contributed by atoms with Crippen molar-refractivity contribution in [1.82, 2.24) is 36.3 Å². The summed E-state index contributed by atoms with van der Waals surface area (Å²) in [5.41, 5.74) is 3.16. The molecule has 3 rings (SSSR count). The quantitative estimate of drug-likeness (QED) is 0.205. The van der Waals surface area contributed by atoms with Gasteiger partial charge in [-0.25, -0.2) is 4.68 Å². The summed E-state index contributed by atoms with van der Waals surface area (Å²) in [6.07, 6.45) is 6.74. The van der Waals surface area contributed by atoms with Gasteiger partial charge >= 0.3 is 0 Å². The van der Waals surface area contributed by atoms with Gasteiger partial charge in [-0.1, -0.05) is 42.3 Å². The Hall–Kier alpha value is -3.80. The van der Waals surface area contributed by atoms with E-state index in [4.69, 9.17) is 4.74 Å². The number of amides is 4. The molecule has 1 aromatic heterocycles. The van der Waals surface area contributed by atoms with Crippen molar-refractivity contribution < 1.29 is 23.9 Å². The summed E-state index contributed by atoms with van der Waals surface area (Å²) in [4.78, 5) is 47.8. The fourth-order valence-corrected chi connectivity index (χ4v) is 5.88. The van der Waals surface area contributed by atoms with E-state index < -0.39 is 5.54 Å². The molecule has 1 heterocycles. The lowest BCUT2D eigenvalue weighted by atomic mass is 9.94. The van der Waals surface area contributed by atoms with Gasteiger partial charge in [0.15, 0.2) is 0 Å². The first kappa shape index (κ1) is 36.7. The zero-order valence-corrected chi connectivity index (χ0v) is 28.5. The van der Waals surface area contributed by atoms with Crippen LogP contribution in [0, 0.1) is 0 Å². The first-order chi connectivity index (χ1) is 21.7. The van der Waals surface area contributed by atoms with E-state index in [1.807, 2.05) is 56.6 Å². The van der Waals surface area contributed by atoms with Gasteiger partial charge in [0, 0.05) is 51.0 Å². The maximum atomic E-state index is 12.7. The van der Waals surface area contributed by atoms with Crippen LogP contribution < -0.4 is 21.3 Å². The summed E-state index contributed by atoms with van der Waals surface area (Å²) in [5.74, 6) is -0.396. The maximum absolute atomic E-state index is 12.7. The van der Waals surface area contributed by atoms with Crippen LogP contribution in [-0.2, 0) is 49.8 Å². The Morgan fingerprint density at radius 2 is 1.57 bits per heavy atom. The second-order valence-corrected chi connectivity index (χ2v) is 13.6. The number of carbonyl (C=O) groups is 4. The van der Waals surface area contributed by atoms with Gasteiger partial charge in [0.25, 0.3) is 0 Å². The molecule has 2 aromatic rings. The summed E-state index contributed by atoms with van der Waals surface area (Å²) >= 11 is 0. The molecule has 1 aromatic carbocycles. The molecule has 0 fully saturated rings. The molecule has 1 aliphatic rings. The highest BCUT2D eigenvalue weighted by Gasteiger charge is 2.25. The zero-order chi connectivity index (χ0) is 33.7. The molecule has 46 heavy (non-hydrogen) atoms. The lowest BCUT2D eigenvalue weighted by molar-refractivity contribution is -0.128. The van der Waals surface area contributed by atoms with Crippen LogP contribution in [0.15, 0.2) is 24.3 Å². The van der Waals surface area contributed by atoms with Gasteiger partial charge < -0.3 is 26.0 Å². The van der Waals surface area contributed by atoms with E-state index in [2.05, 4.69) is 31.6 Å². The Kier molecular flexibility index (Phi) is 13.7. The number of hydrogen-bond donors (Lipinski definition) is 4. The first-order valence-corrected chi connectivity index (χ1v) is 16.5. The number of rotatable bonds is 16. The highest BCUT2D eigenvalue weighted by Crippen LogP contribution is 2.29. The van der Waals surface area contributed by atoms with Crippen LogP contribution in [0.4, 0.5) is 0 Å². The van der Waals surface area contributed by atoms with E-state index in [-0.39, 0.29) is 41.9 Å². The minimum absolute atomic E-state index is 0.0427. The van der Waals surface area contributed by atoms with Crippen LogP contribution in [-0.4, -0.2) is 62.9 Å². The van der Waals surface area contributed by atoms with E-state index >= 15 is 0 Å². The lowest BCUT2D eigenvalue weighted by Crippen LogP contribution is -2.43. The number of nitrogens with zero attached hydrogens (tertiary/aromatic N) is 3. The molecular formula is C34H53N7O5. The highest BCUT2D eigenvalue weighted by molar-refractivity contribution is 5.77. The van der Waals surface area contributed by atoms with Gasteiger partial charge in [-0.2, -0.15) is 0 Å². The average Bonchev–Trinajstić information content (AvgIpc) is 3.33. The fraction of sp³-hybridized carbons (Fsp3) is 0.647. The molecule has 1 unspecified atom stereocenters. The van der Waals surface area contributed by atoms with Crippen LogP contribution in [0.3, 0.4) is 0 Å². The number of benzene rings is 1. The van der Waals surface area contributed by atoms with Crippen molar-refractivity contribution in [3.05, 3.63) is 46.8 Å². The fourth-order valence-electron chi connectivity index (χ4n) is 5.88. The zero-order valence-electron chi connectivity index (χ0n) is 28.5. The second-order valence-electron chi connectivity index (χ2n) is 13.6. The van der Waals surface area contributed by atoms with Gasteiger partial charge in [-0.05, 0) is 77.3 Å². The molecule has 0 saturated heterocycles. The summed E-state index contributed by atoms with van der Waals surface area (Å²) < 4.78 is 8.01. The van der Waals surface area contributed by atoms with Crippen LogP contribution in [0.5, 0.6) is 0 Å². The number of ether oxygens (including phenoxy) is 1. The highest BCUT2D eigenvalue weighted by atomic mass is 16.5. The van der Waals surface area contributed by atoms with Gasteiger partial charge in [-0.15, -0.1) is 5.10 Å². The van der Waals surface area contributed by atoms with Crippen LogP contribution in [0.2, 0.25) is 0 Å². The summed E-state index contributed by atoms with van der Waals surface area (Å²) in [7, 11) is 0. The van der Waals surface area contributed by atoms with Gasteiger partial charge in [0.2, 0.25) is 23.6 Å². The van der Waals surface area contributed by atoms with Crippen molar-refractivity contribution in [1.29, 1.82) is 0 Å². The van der Waals surface area contributed by atoms with E-state index in [0.717, 1.165) is 54.6 Å². The van der Waals surface area contributed by atoms with Crippen molar-refractivity contribution >= 4 is 23.6 Å². The predicted octanol–water partition coefficient (Wildman–Crippen LogP) is 3.43. The Balaban J connectivity index is 1.45. The summed E-state index contributed by atoms with van der Waals surface area (Å²) in [6, 6.07) is 8.01. The molecule has 0 saturated carbocycles. The topological polar surface area (TPSA) is 156 Å². The molecule has 254 valence electrons. The van der Waals surface area contributed by atoms with Crippen LogP contribution in [0.1, 0.15) is 115 Å². The number of hydrogen-bond acceptors (Lipinski definition) is 7. The molecule has 0 aliphatic heterocycles. The molecule has 12 heteroatoms. The third-order valence-corrected chi connectivity index (χ3v) is 8.00. The van der Waals surface area contributed by atoms with E-state index in [1.54, 1.807) is 0 Å². The van der Waals surface area contributed by atoms with Crippen molar-refractivity contribution in [3.8, 4) is 0 Å². The molecule has 12 nitrogen and oxygen atoms in total. The average molecular weight is 640 g/mol. The first-order valence-electron chi connectivity index (χ1n) is 16.5. The summed E-state index contributed by atoms with van der Waals surface area (Å²) in [6.45, 7) is 12.3. The van der Waals surface area contributed by atoms with Crippen molar-refractivity contribution in [2.45, 2.75) is 130 Å². The Morgan fingerprint density at radius 3 is 2.26 bits per heavy atom. The number of aromatic nitrogens is 3. The molecule has 0 bridgehead atoms. The normalized spacial score (nSPS) is 15.2. The standard InChI is InChI=1S/C34H53N7O5/c1-24(42)37-33(3,4)18-17-30(44)35-19-10-20-41-28-11-8-7-9-12-29(32(28)39-40-41)46-23-31(45)36-22-27-15-13-26(14-16-27)21-34(5,6)38-25(2)43/h13-16,29H,7-12,17-23H2,1-6H3,(H,35,44)(H,36,45)(H,37,42)(H,38,43). The lowest BCUT2D eigenvalue weighted by Gasteiger charge is -2.25. The minimum Gasteiger partial charge on any atom is -0.362 e. The Labute approximate surface area is 273 Å². The van der Waals surface area contributed by atoms with Gasteiger partial charge in [0.05, 0.1) is 5.69 Å². The summed E-state index contributed by atoms with van der Waals surface area (Å²) in [5, 5.41) is 20.6. The third-order valence-electron chi connectivity index (χ3n) is 8.00.